The minimum absolute atomic E-state index is 0.100. The number of hydrogen-bond donors (Lipinski definition) is 1. The number of allylic oxidation sites excluding steroid dienone is 2. The Kier molecular flexibility index (Phi) is 6.10. The largest absolute Gasteiger partial charge is 0.478 e. The second kappa shape index (κ2) is 8.93. The van der Waals surface area contributed by atoms with Crippen LogP contribution in [0.5, 0.6) is 0 Å². The van der Waals surface area contributed by atoms with Crippen LogP contribution in [-0.4, -0.2) is 37.1 Å². The molecule has 0 saturated carbocycles. The molecule has 4 rings (SSSR count). The summed E-state index contributed by atoms with van der Waals surface area (Å²) in [5, 5.41) is 22.1. The van der Waals surface area contributed by atoms with Crippen molar-refractivity contribution < 1.29 is 14.7 Å². The first-order chi connectivity index (χ1) is 14.5. The van der Waals surface area contributed by atoms with Gasteiger partial charge in [0.2, 0.25) is 5.16 Å². The maximum atomic E-state index is 11.9. The van der Waals surface area contributed by atoms with E-state index >= 15 is 0 Å². The number of thioether (sulfide) groups is 1. The van der Waals surface area contributed by atoms with Crippen LogP contribution in [0.25, 0.3) is 11.3 Å². The van der Waals surface area contributed by atoms with Gasteiger partial charge in [-0.3, -0.25) is 4.79 Å². The van der Waals surface area contributed by atoms with Crippen LogP contribution >= 0.6 is 27.7 Å². The van der Waals surface area contributed by atoms with Crippen molar-refractivity contribution in [3.05, 3.63) is 69.7 Å². The molecule has 0 atom stereocenters. The van der Waals surface area contributed by atoms with E-state index < -0.39 is 5.97 Å². The molecule has 30 heavy (non-hydrogen) atoms. The van der Waals surface area contributed by atoms with Gasteiger partial charge in [-0.05, 0) is 80.2 Å². The lowest BCUT2D eigenvalue weighted by Gasteiger charge is -2.17. The molecule has 1 heterocycles. The molecule has 0 bridgehead atoms. The average molecular weight is 485 g/mol. The number of carboxylic acid groups (broad SMARTS) is 1. The maximum Gasteiger partial charge on any atom is 0.336 e. The number of para-hydroxylation sites is 1. The van der Waals surface area contributed by atoms with Crippen molar-refractivity contribution in [3.8, 4) is 5.69 Å². The molecule has 0 aliphatic heterocycles. The predicted octanol–water partition coefficient (Wildman–Crippen LogP) is 4.55. The van der Waals surface area contributed by atoms with Gasteiger partial charge in [0.25, 0.3) is 0 Å². The van der Waals surface area contributed by atoms with Crippen molar-refractivity contribution >= 4 is 45.0 Å². The topological polar surface area (TPSA) is 98.0 Å². The van der Waals surface area contributed by atoms with Crippen molar-refractivity contribution in [1.29, 1.82) is 0 Å². The highest BCUT2D eigenvalue weighted by molar-refractivity contribution is 9.10. The van der Waals surface area contributed by atoms with Crippen LogP contribution in [0.15, 0.2) is 58.2 Å². The first-order valence-corrected chi connectivity index (χ1v) is 11.1. The molecular weight excluding hydrogens is 468 g/mol. The van der Waals surface area contributed by atoms with E-state index in [2.05, 4.69) is 31.5 Å². The Morgan fingerprint density at radius 1 is 1.17 bits per heavy atom. The molecule has 3 aromatic rings. The van der Waals surface area contributed by atoms with Crippen LogP contribution in [-0.2, 0) is 10.5 Å². The van der Waals surface area contributed by atoms with Crippen molar-refractivity contribution in [2.24, 2.45) is 0 Å². The second-order valence-electron chi connectivity index (χ2n) is 6.75. The van der Waals surface area contributed by atoms with E-state index in [1.54, 1.807) is 22.9 Å². The lowest BCUT2D eigenvalue weighted by molar-refractivity contribution is -0.114. The quantitative estimate of drug-likeness (QED) is 0.512. The molecule has 1 aliphatic carbocycles. The van der Waals surface area contributed by atoms with Gasteiger partial charge in [-0.2, -0.15) is 4.68 Å². The van der Waals surface area contributed by atoms with E-state index in [9.17, 15) is 14.7 Å². The molecule has 0 amide bonds. The van der Waals surface area contributed by atoms with Gasteiger partial charge in [-0.1, -0.05) is 36.0 Å². The number of rotatable bonds is 6. The summed E-state index contributed by atoms with van der Waals surface area (Å²) in [6.07, 6.45) is 3.80. The van der Waals surface area contributed by atoms with Gasteiger partial charge in [-0.25, -0.2) is 4.79 Å². The minimum atomic E-state index is -1.01. The van der Waals surface area contributed by atoms with Crippen LogP contribution in [0.3, 0.4) is 0 Å². The van der Waals surface area contributed by atoms with Gasteiger partial charge in [0.05, 0.1) is 11.3 Å². The summed E-state index contributed by atoms with van der Waals surface area (Å²) in [6, 6.07) is 12.9. The molecule has 0 fully saturated rings. The Morgan fingerprint density at radius 2 is 1.97 bits per heavy atom. The summed E-state index contributed by atoms with van der Waals surface area (Å²) in [5.41, 5.74) is 3.44. The molecule has 0 spiro atoms. The highest BCUT2D eigenvalue weighted by Gasteiger charge is 2.21. The Balaban J connectivity index is 1.67. The fourth-order valence-electron chi connectivity index (χ4n) is 3.35. The zero-order valence-corrected chi connectivity index (χ0v) is 18.2. The number of aromatic carboxylic acids is 1. The highest BCUT2D eigenvalue weighted by Crippen LogP contribution is 2.37. The highest BCUT2D eigenvalue weighted by atomic mass is 79.9. The lowest BCUT2D eigenvalue weighted by Crippen LogP contribution is -2.07. The molecule has 0 unspecified atom stereocenters. The van der Waals surface area contributed by atoms with Crippen LogP contribution < -0.4 is 0 Å². The van der Waals surface area contributed by atoms with E-state index in [0.29, 0.717) is 27.4 Å². The van der Waals surface area contributed by atoms with Gasteiger partial charge in [0, 0.05) is 16.6 Å². The Labute approximate surface area is 185 Å². The molecule has 1 aliphatic rings. The molecular formula is C21H17BrN4O3S. The van der Waals surface area contributed by atoms with E-state index in [4.69, 9.17) is 0 Å². The van der Waals surface area contributed by atoms with E-state index in [0.717, 1.165) is 29.7 Å². The average Bonchev–Trinajstić information content (AvgIpc) is 3.21. The SMILES string of the molecule is O=C1C=C(c2ccc(C(=O)O)c(CSc3nnnn3-c3ccccc3)c2Br)CCC1. The molecule has 2 aromatic carbocycles. The third kappa shape index (κ3) is 4.22. The Hall–Kier alpha value is -2.78. The zero-order valence-electron chi connectivity index (χ0n) is 15.8. The van der Waals surface area contributed by atoms with Gasteiger partial charge >= 0.3 is 5.97 Å². The van der Waals surface area contributed by atoms with Gasteiger partial charge < -0.3 is 5.11 Å². The normalized spacial score (nSPS) is 13.9. The number of carboxylic acids is 1. The molecule has 7 nitrogen and oxygen atoms in total. The number of halogens is 1. The van der Waals surface area contributed by atoms with E-state index in [1.807, 2.05) is 30.3 Å². The monoisotopic (exact) mass is 484 g/mol. The molecule has 1 aromatic heterocycles. The van der Waals surface area contributed by atoms with Crippen molar-refractivity contribution in [2.75, 3.05) is 0 Å². The fraction of sp³-hybridized carbons (Fsp3) is 0.190. The summed E-state index contributed by atoms with van der Waals surface area (Å²) in [5.74, 6) is -0.553. The van der Waals surface area contributed by atoms with Crippen molar-refractivity contribution in [1.82, 2.24) is 20.2 Å². The smallest absolute Gasteiger partial charge is 0.336 e. The molecule has 1 N–H and O–H groups in total. The molecule has 0 radical (unpaired) electrons. The number of benzene rings is 2. The number of nitrogens with zero attached hydrogens (tertiary/aromatic N) is 4. The van der Waals surface area contributed by atoms with Crippen molar-refractivity contribution in [2.45, 2.75) is 30.2 Å². The van der Waals surface area contributed by atoms with Gasteiger partial charge in [-0.15, -0.1) is 5.10 Å². The Bertz CT molecular complexity index is 1140. The lowest BCUT2D eigenvalue weighted by atomic mass is 9.91. The second-order valence-corrected chi connectivity index (χ2v) is 8.48. The summed E-state index contributed by atoms with van der Waals surface area (Å²) >= 11 is 4.95. The van der Waals surface area contributed by atoms with E-state index in [-0.39, 0.29) is 11.3 Å². The molecule has 152 valence electrons. The van der Waals surface area contributed by atoms with E-state index in [1.165, 1.54) is 11.8 Å². The molecule has 9 heteroatoms. The number of ketones is 1. The van der Waals surface area contributed by atoms with Crippen molar-refractivity contribution in [3.63, 3.8) is 0 Å². The summed E-state index contributed by atoms with van der Waals surface area (Å²) in [4.78, 5) is 23.7. The van der Waals surface area contributed by atoms with Crippen LogP contribution in [0.1, 0.15) is 40.7 Å². The standard InChI is InChI=1S/C21H17BrN4O3S/c22-19-16(13-5-4-8-15(27)11-13)9-10-17(20(28)29)18(19)12-30-21-23-24-25-26(21)14-6-2-1-3-7-14/h1-3,6-7,9-11H,4-5,8,12H2,(H,28,29). The maximum absolute atomic E-state index is 11.9. The van der Waals surface area contributed by atoms with Gasteiger partial charge in [0.15, 0.2) is 5.78 Å². The number of hydrogen-bond acceptors (Lipinski definition) is 6. The summed E-state index contributed by atoms with van der Waals surface area (Å²) < 4.78 is 2.31. The summed E-state index contributed by atoms with van der Waals surface area (Å²) in [7, 11) is 0. The number of carbonyl (C=O) groups excluding carboxylic acids is 1. The predicted molar refractivity (Wildman–Crippen MR) is 117 cm³/mol. The van der Waals surface area contributed by atoms with Crippen LogP contribution in [0, 0.1) is 0 Å². The first kappa shape index (κ1) is 20.5. The van der Waals surface area contributed by atoms with Crippen LogP contribution in [0.2, 0.25) is 0 Å². The summed E-state index contributed by atoms with van der Waals surface area (Å²) in [6.45, 7) is 0. The first-order valence-electron chi connectivity index (χ1n) is 9.29. The minimum Gasteiger partial charge on any atom is -0.478 e. The van der Waals surface area contributed by atoms with Crippen LogP contribution in [0.4, 0.5) is 0 Å². The zero-order chi connectivity index (χ0) is 21.1. The number of carbonyl (C=O) groups is 2. The Morgan fingerprint density at radius 3 is 2.70 bits per heavy atom. The van der Waals surface area contributed by atoms with Gasteiger partial charge in [0.1, 0.15) is 0 Å². The number of aromatic nitrogens is 4. The third-order valence-electron chi connectivity index (χ3n) is 4.81. The molecule has 0 saturated heterocycles. The number of tetrazole rings is 1. The third-order valence-corrected chi connectivity index (χ3v) is 6.66. The fourth-order valence-corrected chi connectivity index (χ4v) is 5.21.